The number of carboxylic acids is 2. The van der Waals surface area contributed by atoms with Gasteiger partial charge in [-0.15, -0.1) is 0 Å². The van der Waals surface area contributed by atoms with Crippen molar-refractivity contribution >= 4 is 35.6 Å². The number of carbonyl (C=O) groups excluding carboxylic acids is 4. The number of aliphatic carboxylic acids is 2. The SMILES string of the molecule is CC(C)C[C@H](NC(=O)Cc1ccccc1)C(=O)N[C@@H](CC(=O)O)C(=O)N[C@@H](Cc1ccccc1)C(=O)N1CCN(CCC(=O)O)CC1. The Bertz CT molecular complexity index is 1360. The van der Waals surface area contributed by atoms with E-state index < -0.39 is 54.2 Å². The second-order valence-corrected chi connectivity index (χ2v) is 12.1. The number of rotatable bonds is 17. The van der Waals surface area contributed by atoms with E-state index in [1.165, 1.54) is 0 Å². The normalized spacial score (nSPS) is 15.3. The van der Waals surface area contributed by atoms with Crippen LogP contribution in [0.3, 0.4) is 0 Å². The van der Waals surface area contributed by atoms with Gasteiger partial charge in [0.05, 0.1) is 19.3 Å². The molecule has 5 N–H and O–H groups in total. The number of nitrogens with zero attached hydrogens (tertiary/aromatic N) is 2. The lowest BCUT2D eigenvalue weighted by molar-refractivity contribution is -0.142. The van der Waals surface area contributed by atoms with Crippen LogP contribution in [0, 0.1) is 5.92 Å². The van der Waals surface area contributed by atoms with Crippen LogP contribution < -0.4 is 16.0 Å². The topological polar surface area (TPSA) is 185 Å². The van der Waals surface area contributed by atoms with Gasteiger partial charge in [-0.25, -0.2) is 0 Å². The summed E-state index contributed by atoms with van der Waals surface area (Å²) in [6, 6.07) is 14.4. The first kappa shape index (κ1) is 36.7. The summed E-state index contributed by atoms with van der Waals surface area (Å²) in [5.74, 6) is -4.55. The molecule has 1 heterocycles. The first-order valence-electron chi connectivity index (χ1n) is 15.8. The molecule has 1 aliphatic rings. The fourth-order valence-corrected chi connectivity index (χ4v) is 5.37. The van der Waals surface area contributed by atoms with Crippen LogP contribution in [0.4, 0.5) is 0 Å². The van der Waals surface area contributed by atoms with Gasteiger partial charge in [-0.1, -0.05) is 74.5 Å². The monoisotopic (exact) mass is 651 g/mol. The van der Waals surface area contributed by atoms with E-state index in [1.807, 2.05) is 30.9 Å². The fraction of sp³-hybridized carbons (Fsp3) is 0.471. The molecule has 4 amide bonds. The largest absolute Gasteiger partial charge is 0.481 e. The summed E-state index contributed by atoms with van der Waals surface area (Å²) in [7, 11) is 0. The van der Waals surface area contributed by atoms with E-state index in [0.29, 0.717) is 32.7 Å². The number of amides is 4. The van der Waals surface area contributed by atoms with Gasteiger partial charge in [0.15, 0.2) is 0 Å². The summed E-state index contributed by atoms with van der Waals surface area (Å²) in [6.07, 6.45) is -0.325. The highest BCUT2D eigenvalue weighted by Gasteiger charge is 2.34. The smallest absolute Gasteiger partial charge is 0.305 e. The highest BCUT2D eigenvalue weighted by atomic mass is 16.4. The van der Waals surface area contributed by atoms with Crippen LogP contribution in [0.1, 0.15) is 44.2 Å². The Balaban J connectivity index is 1.73. The first-order chi connectivity index (χ1) is 22.4. The molecule has 0 aromatic heterocycles. The molecule has 13 heteroatoms. The summed E-state index contributed by atoms with van der Waals surface area (Å²) < 4.78 is 0. The zero-order chi connectivity index (χ0) is 34.3. The van der Waals surface area contributed by atoms with E-state index in [-0.39, 0.29) is 37.5 Å². The third-order valence-corrected chi connectivity index (χ3v) is 7.80. The number of piperazine rings is 1. The fourth-order valence-electron chi connectivity index (χ4n) is 5.37. The molecular formula is C34H45N5O8. The molecule has 0 spiro atoms. The van der Waals surface area contributed by atoms with Crippen LogP contribution in [0.2, 0.25) is 0 Å². The summed E-state index contributed by atoms with van der Waals surface area (Å²) in [5, 5.41) is 26.5. The summed E-state index contributed by atoms with van der Waals surface area (Å²) in [4.78, 5) is 79.9. The van der Waals surface area contributed by atoms with Crippen molar-refractivity contribution < 1.29 is 39.0 Å². The first-order valence-corrected chi connectivity index (χ1v) is 15.8. The van der Waals surface area contributed by atoms with Gasteiger partial charge < -0.3 is 31.1 Å². The van der Waals surface area contributed by atoms with Gasteiger partial charge >= 0.3 is 11.9 Å². The highest BCUT2D eigenvalue weighted by Crippen LogP contribution is 2.12. The number of hydrogen-bond acceptors (Lipinski definition) is 7. The zero-order valence-corrected chi connectivity index (χ0v) is 26.9. The van der Waals surface area contributed by atoms with Crippen LogP contribution in [-0.4, -0.2) is 106 Å². The summed E-state index contributed by atoms with van der Waals surface area (Å²) in [5.41, 5.74) is 1.52. The van der Waals surface area contributed by atoms with Crippen LogP contribution in [0.15, 0.2) is 60.7 Å². The highest BCUT2D eigenvalue weighted by molar-refractivity contribution is 5.96. The van der Waals surface area contributed by atoms with Crippen molar-refractivity contribution in [2.24, 2.45) is 5.92 Å². The quantitative estimate of drug-likeness (QED) is 0.167. The number of carboxylic acid groups (broad SMARTS) is 2. The van der Waals surface area contributed by atoms with Crippen LogP contribution >= 0.6 is 0 Å². The lowest BCUT2D eigenvalue weighted by Crippen LogP contribution is -2.59. The van der Waals surface area contributed by atoms with Crippen molar-refractivity contribution in [3.8, 4) is 0 Å². The standard InChI is InChI=1S/C34H45N5O8/c1-23(2)19-26(35-29(40)21-25-11-7-4-8-12-25)32(45)36-27(22-31(43)44)33(46)37-28(20-24-9-5-3-6-10-24)34(47)39-17-15-38(16-18-39)14-13-30(41)42/h3-12,23,26-28H,13-22H2,1-2H3,(H,35,40)(H,36,45)(H,37,46)(H,41,42)(H,43,44)/t26-,27-,28-/m0/s1. The number of carbonyl (C=O) groups is 6. The lowest BCUT2D eigenvalue weighted by Gasteiger charge is -2.36. The maximum Gasteiger partial charge on any atom is 0.305 e. The van der Waals surface area contributed by atoms with Crippen molar-refractivity contribution in [1.29, 1.82) is 0 Å². The van der Waals surface area contributed by atoms with E-state index in [1.54, 1.807) is 53.4 Å². The molecule has 254 valence electrons. The van der Waals surface area contributed by atoms with Gasteiger partial charge in [-0.05, 0) is 23.5 Å². The second kappa shape index (κ2) is 18.4. The second-order valence-electron chi connectivity index (χ2n) is 12.1. The Morgan fingerprint density at radius 1 is 0.702 bits per heavy atom. The molecule has 1 saturated heterocycles. The minimum atomic E-state index is -1.51. The van der Waals surface area contributed by atoms with Crippen LogP contribution in [0.25, 0.3) is 0 Å². The van der Waals surface area contributed by atoms with E-state index in [4.69, 9.17) is 5.11 Å². The van der Waals surface area contributed by atoms with Gasteiger partial charge in [-0.2, -0.15) is 0 Å². The molecule has 3 rings (SSSR count). The van der Waals surface area contributed by atoms with E-state index in [9.17, 15) is 33.9 Å². The van der Waals surface area contributed by atoms with E-state index >= 15 is 0 Å². The molecule has 2 aromatic rings. The average molecular weight is 652 g/mol. The van der Waals surface area contributed by atoms with Crippen molar-refractivity contribution in [3.63, 3.8) is 0 Å². The minimum absolute atomic E-state index is 0.00741. The molecular weight excluding hydrogens is 606 g/mol. The van der Waals surface area contributed by atoms with Gasteiger partial charge in [-0.3, -0.25) is 33.7 Å². The predicted molar refractivity (Wildman–Crippen MR) is 173 cm³/mol. The zero-order valence-electron chi connectivity index (χ0n) is 26.9. The van der Waals surface area contributed by atoms with Crippen molar-refractivity contribution in [2.75, 3.05) is 32.7 Å². The summed E-state index contributed by atoms with van der Waals surface area (Å²) in [6.45, 7) is 5.70. The Labute approximate surface area is 274 Å². The summed E-state index contributed by atoms with van der Waals surface area (Å²) >= 11 is 0. The molecule has 3 atom stereocenters. The van der Waals surface area contributed by atoms with Crippen LogP contribution in [-0.2, 0) is 41.6 Å². The third-order valence-electron chi connectivity index (χ3n) is 7.80. The van der Waals surface area contributed by atoms with Crippen molar-refractivity contribution in [2.45, 2.75) is 64.1 Å². The molecule has 47 heavy (non-hydrogen) atoms. The Kier molecular flexibility index (Phi) is 14.4. The van der Waals surface area contributed by atoms with E-state index in [0.717, 1.165) is 11.1 Å². The Morgan fingerprint density at radius 2 is 1.26 bits per heavy atom. The number of nitrogens with one attached hydrogen (secondary N) is 3. The van der Waals surface area contributed by atoms with Gasteiger partial charge in [0.1, 0.15) is 18.1 Å². The van der Waals surface area contributed by atoms with E-state index in [2.05, 4.69) is 16.0 Å². The van der Waals surface area contributed by atoms with Crippen molar-refractivity contribution in [1.82, 2.24) is 25.8 Å². The maximum absolute atomic E-state index is 13.7. The molecule has 0 radical (unpaired) electrons. The predicted octanol–water partition coefficient (Wildman–Crippen LogP) is 1.07. The average Bonchev–Trinajstić information content (AvgIpc) is 3.03. The van der Waals surface area contributed by atoms with Gasteiger partial charge in [0, 0.05) is 39.1 Å². The molecule has 2 aromatic carbocycles. The number of benzene rings is 2. The third kappa shape index (κ3) is 12.9. The maximum atomic E-state index is 13.7. The number of hydrogen-bond donors (Lipinski definition) is 5. The van der Waals surface area contributed by atoms with Gasteiger partial charge in [0.25, 0.3) is 0 Å². The molecule has 0 bridgehead atoms. The van der Waals surface area contributed by atoms with Crippen LogP contribution in [0.5, 0.6) is 0 Å². The Hall–Kier alpha value is -4.78. The molecule has 1 fully saturated rings. The molecule has 13 nitrogen and oxygen atoms in total. The van der Waals surface area contributed by atoms with Gasteiger partial charge in [0.2, 0.25) is 23.6 Å². The Morgan fingerprint density at radius 3 is 1.81 bits per heavy atom. The molecule has 0 unspecified atom stereocenters. The van der Waals surface area contributed by atoms with Crippen molar-refractivity contribution in [3.05, 3.63) is 71.8 Å². The minimum Gasteiger partial charge on any atom is -0.481 e. The molecule has 1 aliphatic heterocycles. The molecule has 0 saturated carbocycles. The lowest BCUT2D eigenvalue weighted by atomic mass is 10.0. The molecule has 0 aliphatic carbocycles.